The molecule has 1 spiro atoms. The second-order valence-corrected chi connectivity index (χ2v) is 7.13. The first-order chi connectivity index (χ1) is 8.18. The van der Waals surface area contributed by atoms with Crippen molar-refractivity contribution in [2.75, 3.05) is 40.3 Å². The summed E-state index contributed by atoms with van der Waals surface area (Å²) in [4.78, 5) is 5.06. The van der Waals surface area contributed by atoms with Crippen LogP contribution in [0, 0.1) is 17.3 Å². The molecule has 0 unspecified atom stereocenters. The number of hydrogen-bond donors (Lipinski definition) is 0. The normalized spacial score (nSPS) is 41.1. The zero-order valence-corrected chi connectivity index (χ0v) is 11.6. The van der Waals surface area contributed by atoms with Crippen LogP contribution in [0.2, 0.25) is 0 Å². The number of likely N-dealkylation sites (tertiary alicyclic amines) is 1. The molecule has 3 aliphatic rings. The fourth-order valence-electron chi connectivity index (χ4n) is 4.84. The number of fused-ring (bicyclic) bond motifs is 3. The summed E-state index contributed by atoms with van der Waals surface area (Å²) in [6.07, 6.45) is 9.10. The van der Waals surface area contributed by atoms with Gasteiger partial charge in [-0.25, -0.2) is 0 Å². The summed E-state index contributed by atoms with van der Waals surface area (Å²) in [7, 11) is 4.36. The molecule has 0 aromatic heterocycles. The summed E-state index contributed by atoms with van der Waals surface area (Å²) < 4.78 is 0. The Bertz CT molecular complexity index is 276. The molecule has 1 heterocycles. The Kier molecular flexibility index (Phi) is 3.20. The molecular weight excluding hydrogens is 208 g/mol. The van der Waals surface area contributed by atoms with Gasteiger partial charge in [-0.2, -0.15) is 0 Å². The highest BCUT2D eigenvalue weighted by Crippen LogP contribution is 2.59. The van der Waals surface area contributed by atoms with Crippen molar-refractivity contribution in [2.45, 2.75) is 38.5 Å². The van der Waals surface area contributed by atoms with Crippen molar-refractivity contribution >= 4 is 0 Å². The van der Waals surface area contributed by atoms with Gasteiger partial charge in [-0.1, -0.05) is 6.42 Å². The first-order valence-electron chi connectivity index (χ1n) is 7.55. The quantitative estimate of drug-likeness (QED) is 0.740. The molecule has 2 aliphatic carbocycles. The van der Waals surface area contributed by atoms with Gasteiger partial charge in [0.25, 0.3) is 0 Å². The van der Waals surface area contributed by atoms with Crippen molar-refractivity contribution in [2.24, 2.45) is 17.3 Å². The Morgan fingerprint density at radius 3 is 2.82 bits per heavy atom. The Labute approximate surface area is 106 Å². The fraction of sp³-hybridized carbons (Fsp3) is 1.00. The van der Waals surface area contributed by atoms with Crippen LogP contribution >= 0.6 is 0 Å². The van der Waals surface area contributed by atoms with Crippen molar-refractivity contribution in [1.29, 1.82) is 0 Å². The molecule has 2 nitrogen and oxygen atoms in total. The van der Waals surface area contributed by atoms with Crippen LogP contribution in [0.1, 0.15) is 38.5 Å². The predicted octanol–water partition coefficient (Wildman–Crippen LogP) is 2.45. The Morgan fingerprint density at radius 2 is 2.18 bits per heavy atom. The van der Waals surface area contributed by atoms with Crippen LogP contribution in [-0.4, -0.2) is 50.1 Å². The number of hydrogen-bond acceptors (Lipinski definition) is 2. The van der Waals surface area contributed by atoms with E-state index < -0.39 is 0 Å². The predicted molar refractivity (Wildman–Crippen MR) is 72.1 cm³/mol. The van der Waals surface area contributed by atoms with Gasteiger partial charge in [0, 0.05) is 6.54 Å². The molecule has 2 bridgehead atoms. The van der Waals surface area contributed by atoms with Gasteiger partial charge in [-0.15, -0.1) is 0 Å². The molecule has 3 fully saturated rings. The van der Waals surface area contributed by atoms with E-state index in [9.17, 15) is 0 Å². The Balaban J connectivity index is 1.49. The lowest BCUT2D eigenvalue weighted by atomic mass is 9.72. The highest BCUT2D eigenvalue weighted by molar-refractivity contribution is 5.04. The lowest BCUT2D eigenvalue weighted by Crippen LogP contribution is -2.33. The molecule has 0 N–H and O–H groups in total. The van der Waals surface area contributed by atoms with Gasteiger partial charge in [0.1, 0.15) is 0 Å². The highest BCUT2D eigenvalue weighted by atomic mass is 15.2. The van der Waals surface area contributed by atoms with E-state index in [1.165, 1.54) is 39.0 Å². The Hall–Kier alpha value is -0.0800. The number of rotatable bonds is 4. The van der Waals surface area contributed by atoms with Crippen molar-refractivity contribution in [1.82, 2.24) is 9.80 Å². The molecule has 3 rings (SSSR count). The zero-order chi connectivity index (χ0) is 11.9. The van der Waals surface area contributed by atoms with Gasteiger partial charge in [-0.05, 0) is 83.1 Å². The van der Waals surface area contributed by atoms with E-state index in [0.29, 0.717) is 0 Å². The molecule has 3 atom stereocenters. The molecule has 2 saturated carbocycles. The molecule has 0 aromatic rings. The first-order valence-corrected chi connectivity index (χ1v) is 7.55. The maximum absolute atomic E-state index is 2.75. The molecule has 1 aliphatic heterocycles. The third-order valence-electron chi connectivity index (χ3n) is 5.65. The summed E-state index contributed by atoms with van der Waals surface area (Å²) >= 11 is 0. The second kappa shape index (κ2) is 4.55. The second-order valence-electron chi connectivity index (χ2n) is 7.13. The molecule has 0 aromatic carbocycles. The highest BCUT2D eigenvalue weighted by Gasteiger charge is 2.53. The monoisotopic (exact) mass is 236 g/mol. The molecule has 1 saturated heterocycles. The number of nitrogens with zero attached hydrogens (tertiary/aromatic N) is 2. The van der Waals surface area contributed by atoms with E-state index in [1.807, 2.05) is 0 Å². The maximum Gasteiger partial charge on any atom is 0.00412 e. The first kappa shape index (κ1) is 12.0. The third kappa shape index (κ3) is 2.26. The molecule has 0 radical (unpaired) electrons. The van der Waals surface area contributed by atoms with Crippen LogP contribution in [0.25, 0.3) is 0 Å². The molecule has 2 heteroatoms. The fourth-order valence-corrected chi connectivity index (χ4v) is 4.84. The zero-order valence-electron chi connectivity index (χ0n) is 11.6. The summed E-state index contributed by atoms with van der Waals surface area (Å²) in [6, 6.07) is 0. The van der Waals surface area contributed by atoms with Crippen LogP contribution < -0.4 is 0 Å². The van der Waals surface area contributed by atoms with Gasteiger partial charge < -0.3 is 9.80 Å². The minimum atomic E-state index is 0.779. The largest absolute Gasteiger partial charge is 0.309 e. The van der Waals surface area contributed by atoms with Crippen molar-refractivity contribution < 1.29 is 0 Å². The SMILES string of the molecule is CN(C)CCCN1CC[C@]2(C[C@H]3CC[C@H]2C3)C1. The molecule has 98 valence electrons. The van der Waals surface area contributed by atoms with Gasteiger partial charge in [-0.3, -0.25) is 0 Å². The lowest BCUT2D eigenvalue weighted by molar-refractivity contribution is 0.162. The third-order valence-corrected chi connectivity index (χ3v) is 5.65. The van der Waals surface area contributed by atoms with Crippen LogP contribution in [0.3, 0.4) is 0 Å². The minimum Gasteiger partial charge on any atom is -0.309 e. The van der Waals surface area contributed by atoms with Gasteiger partial charge in [0.05, 0.1) is 0 Å². The van der Waals surface area contributed by atoms with E-state index in [1.54, 1.807) is 25.7 Å². The minimum absolute atomic E-state index is 0.779. The van der Waals surface area contributed by atoms with Crippen LogP contribution in [0.5, 0.6) is 0 Å². The van der Waals surface area contributed by atoms with E-state index in [4.69, 9.17) is 0 Å². The van der Waals surface area contributed by atoms with E-state index in [-0.39, 0.29) is 0 Å². The average molecular weight is 236 g/mol. The topological polar surface area (TPSA) is 6.48 Å². The molecular formula is C15H28N2. The molecule has 0 amide bonds. The van der Waals surface area contributed by atoms with Crippen molar-refractivity contribution in [3.8, 4) is 0 Å². The van der Waals surface area contributed by atoms with Crippen LogP contribution in [0.15, 0.2) is 0 Å². The van der Waals surface area contributed by atoms with E-state index in [0.717, 1.165) is 17.3 Å². The van der Waals surface area contributed by atoms with Crippen LogP contribution in [-0.2, 0) is 0 Å². The summed E-state index contributed by atoms with van der Waals surface area (Å²) in [5.74, 6) is 2.22. The lowest BCUT2D eigenvalue weighted by Gasteiger charge is -2.34. The van der Waals surface area contributed by atoms with E-state index >= 15 is 0 Å². The molecule has 17 heavy (non-hydrogen) atoms. The smallest absolute Gasteiger partial charge is 0.00412 e. The average Bonchev–Trinajstić information content (AvgIpc) is 2.94. The van der Waals surface area contributed by atoms with Gasteiger partial charge in [0.15, 0.2) is 0 Å². The summed E-state index contributed by atoms with van der Waals surface area (Å²) in [5.41, 5.74) is 0.779. The van der Waals surface area contributed by atoms with Crippen LogP contribution in [0.4, 0.5) is 0 Å². The Morgan fingerprint density at radius 1 is 1.29 bits per heavy atom. The van der Waals surface area contributed by atoms with Gasteiger partial charge >= 0.3 is 0 Å². The summed E-state index contributed by atoms with van der Waals surface area (Å²) in [5, 5.41) is 0. The van der Waals surface area contributed by atoms with Gasteiger partial charge in [0.2, 0.25) is 0 Å². The van der Waals surface area contributed by atoms with Crippen molar-refractivity contribution in [3.63, 3.8) is 0 Å². The van der Waals surface area contributed by atoms with Crippen molar-refractivity contribution in [3.05, 3.63) is 0 Å². The van der Waals surface area contributed by atoms with E-state index in [2.05, 4.69) is 23.9 Å². The maximum atomic E-state index is 2.75. The standard InChI is InChI=1S/C15H28N2/c1-16(2)7-3-8-17-9-6-15(12-17)11-13-4-5-14(15)10-13/h13-14H,3-12H2,1-2H3/t13-,14-,15-/m0/s1. The summed E-state index contributed by atoms with van der Waals surface area (Å²) in [6.45, 7) is 5.39.